The molecule has 0 aromatic carbocycles. The monoisotopic (exact) mass is 348 g/mol. The Balaban J connectivity index is 1.90. The first-order valence-corrected chi connectivity index (χ1v) is 9.65. The highest BCUT2D eigenvalue weighted by Crippen LogP contribution is 2.36. The molecular weight excluding hydrogens is 328 g/mol. The van der Waals surface area contributed by atoms with E-state index in [9.17, 15) is 13.2 Å². The van der Waals surface area contributed by atoms with Crippen molar-refractivity contribution in [3.8, 4) is 0 Å². The van der Waals surface area contributed by atoms with Gasteiger partial charge in [-0.3, -0.25) is 14.9 Å². The molecule has 2 aromatic heterocycles. The molecule has 0 saturated carbocycles. The van der Waals surface area contributed by atoms with Crippen LogP contribution < -0.4 is 0 Å². The Kier molecular flexibility index (Phi) is 4.16. The summed E-state index contributed by atoms with van der Waals surface area (Å²) in [6, 6.07) is 5.23. The molecule has 0 aliphatic carbocycles. The first-order valence-electron chi connectivity index (χ1n) is 7.75. The summed E-state index contributed by atoms with van der Waals surface area (Å²) < 4.78 is 24.0. The number of hydrogen-bond donors (Lipinski definition) is 1. The Morgan fingerprint density at radius 1 is 1.38 bits per heavy atom. The summed E-state index contributed by atoms with van der Waals surface area (Å²) >= 11 is 0. The Morgan fingerprint density at radius 2 is 2.17 bits per heavy atom. The van der Waals surface area contributed by atoms with Crippen molar-refractivity contribution in [3.63, 3.8) is 0 Å². The predicted molar refractivity (Wildman–Crippen MR) is 88.4 cm³/mol. The standard InChI is InChI=1S/C16H20N4O3S/c1-16(14-13(10-18-19-14)24(2,22)23)7-5-9-20(11-16)15(21)12-6-3-4-8-17-12/h3-4,6,8,10H,5,7,9,11H2,1-2H3,(H,18,19)/t16-/m1/s1. The number of nitrogens with zero attached hydrogens (tertiary/aromatic N) is 3. The molecule has 1 aliphatic heterocycles. The average molecular weight is 348 g/mol. The SMILES string of the molecule is C[C@@]1(c2[nH]ncc2S(C)(=O)=O)CCCN(C(=O)c2ccccn2)C1. The van der Waals surface area contributed by atoms with E-state index in [4.69, 9.17) is 0 Å². The molecule has 1 atom stereocenters. The van der Waals surface area contributed by atoms with E-state index in [1.54, 1.807) is 29.3 Å². The van der Waals surface area contributed by atoms with Gasteiger partial charge in [-0.1, -0.05) is 13.0 Å². The molecule has 0 spiro atoms. The number of sulfone groups is 1. The van der Waals surface area contributed by atoms with Gasteiger partial charge in [-0.05, 0) is 25.0 Å². The minimum atomic E-state index is -3.38. The van der Waals surface area contributed by atoms with E-state index in [0.717, 1.165) is 12.8 Å². The van der Waals surface area contributed by atoms with Crippen LogP contribution in [0.25, 0.3) is 0 Å². The van der Waals surface area contributed by atoms with Gasteiger partial charge in [0.05, 0.1) is 11.9 Å². The van der Waals surface area contributed by atoms with E-state index in [1.165, 1.54) is 12.5 Å². The van der Waals surface area contributed by atoms with Crippen LogP contribution in [0, 0.1) is 0 Å². The second-order valence-corrected chi connectivity index (χ2v) is 8.47. The summed E-state index contributed by atoms with van der Waals surface area (Å²) in [7, 11) is -3.38. The molecule has 1 amide bonds. The van der Waals surface area contributed by atoms with E-state index in [2.05, 4.69) is 15.2 Å². The molecule has 1 aliphatic rings. The van der Waals surface area contributed by atoms with Crippen molar-refractivity contribution >= 4 is 15.7 Å². The number of carbonyl (C=O) groups is 1. The van der Waals surface area contributed by atoms with Gasteiger partial charge in [-0.2, -0.15) is 5.10 Å². The minimum Gasteiger partial charge on any atom is -0.336 e. The molecule has 128 valence electrons. The highest BCUT2D eigenvalue weighted by atomic mass is 32.2. The lowest BCUT2D eigenvalue weighted by Gasteiger charge is -2.40. The Hall–Kier alpha value is -2.22. The van der Waals surface area contributed by atoms with Crippen LogP contribution in [0.5, 0.6) is 0 Å². The Bertz CT molecular complexity index is 847. The maximum atomic E-state index is 12.7. The summed E-state index contributed by atoms with van der Waals surface area (Å²) in [6.45, 7) is 3.02. The number of carbonyl (C=O) groups excluding carboxylic acids is 1. The summed E-state index contributed by atoms with van der Waals surface area (Å²) in [4.78, 5) is 18.7. The number of H-pyrrole nitrogens is 1. The van der Waals surface area contributed by atoms with Crippen LogP contribution >= 0.6 is 0 Å². The Labute approximate surface area is 141 Å². The van der Waals surface area contributed by atoms with Crippen LogP contribution in [0.1, 0.15) is 35.9 Å². The van der Waals surface area contributed by atoms with Crippen molar-refractivity contribution in [1.82, 2.24) is 20.1 Å². The maximum absolute atomic E-state index is 12.7. The third-order valence-electron chi connectivity index (χ3n) is 4.48. The van der Waals surface area contributed by atoms with Crippen molar-refractivity contribution in [3.05, 3.63) is 42.0 Å². The van der Waals surface area contributed by atoms with E-state index in [1.807, 2.05) is 6.92 Å². The summed E-state index contributed by atoms with van der Waals surface area (Å²) in [5.41, 5.74) is 0.482. The van der Waals surface area contributed by atoms with E-state index in [0.29, 0.717) is 24.5 Å². The molecule has 3 heterocycles. The van der Waals surface area contributed by atoms with Crippen molar-refractivity contribution in [2.75, 3.05) is 19.3 Å². The lowest BCUT2D eigenvalue weighted by molar-refractivity contribution is 0.0639. The normalized spacial score (nSPS) is 21.7. The zero-order valence-electron chi connectivity index (χ0n) is 13.7. The summed E-state index contributed by atoms with van der Waals surface area (Å²) in [5.74, 6) is -0.137. The molecule has 24 heavy (non-hydrogen) atoms. The molecule has 7 nitrogen and oxygen atoms in total. The Morgan fingerprint density at radius 3 is 2.83 bits per heavy atom. The third-order valence-corrected chi connectivity index (χ3v) is 5.58. The molecule has 2 aromatic rings. The number of nitrogens with one attached hydrogen (secondary N) is 1. The van der Waals surface area contributed by atoms with Crippen LogP contribution in [-0.4, -0.2) is 53.8 Å². The number of amides is 1. The number of pyridine rings is 1. The number of piperidine rings is 1. The number of hydrogen-bond acceptors (Lipinski definition) is 5. The van der Waals surface area contributed by atoms with Gasteiger partial charge in [0, 0.05) is 31.0 Å². The van der Waals surface area contributed by atoms with Gasteiger partial charge in [0.25, 0.3) is 5.91 Å². The van der Waals surface area contributed by atoms with Gasteiger partial charge in [-0.15, -0.1) is 0 Å². The van der Waals surface area contributed by atoms with Gasteiger partial charge in [0.15, 0.2) is 9.84 Å². The van der Waals surface area contributed by atoms with Crippen LogP contribution in [0.4, 0.5) is 0 Å². The van der Waals surface area contributed by atoms with Crippen LogP contribution in [0.2, 0.25) is 0 Å². The highest BCUT2D eigenvalue weighted by molar-refractivity contribution is 7.90. The fourth-order valence-electron chi connectivity index (χ4n) is 3.26. The topological polar surface area (TPSA) is 96.0 Å². The molecule has 3 rings (SSSR count). The van der Waals surface area contributed by atoms with Crippen molar-refractivity contribution in [1.29, 1.82) is 0 Å². The summed E-state index contributed by atoms with van der Waals surface area (Å²) in [6.07, 6.45) is 5.67. The predicted octanol–water partition coefficient (Wildman–Crippen LogP) is 1.40. The van der Waals surface area contributed by atoms with Crippen molar-refractivity contribution < 1.29 is 13.2 Å². The first kappa shape index (κ1) is 16.6. The first-order chi connectivity index (χ1) is 11.3. The van der Waals surface area contributed by atoms with Gasteiger partial charge in [-0.25, -0.2) is 8.42 Å². The van der Waals surface area contributed by atoms with Gasteiger partial charge in [0.1, 0.15) is 10.6 Å². The van der Waals surface area contributed by atoms with Crippen LogP contribution in [0.15, 0.2) is 35.5 Å². The largest absolute Gasteiger partial charge is 0.336 e. The zero-order chi connectivity index (χ0) is 17.4. The van der Waals surface area contributed by atoms with Gasteiger partial charge >= 0.3 is 0 Å². The smallest absolute Gasteiger partial charge is 0.272 e. The highest BCUT2D eigenvalue weighted by Gasteiger charge is 2.39. The van der Waals surface area contributed by atoms with Crippen LogP contribution in [-0.2, 0) is 15.3 Å². The molecular formula is C16H20N4O3S. The van der Waals surface area contributed by atoms with E-state index >= 15 is 0 Å². The van der Waals surface area contributed by atoms with Crippen LogP contribution in [0.3, 0.4) is 0 Å². The van der Waals surface area contributed by atoms with Gasteiger partial charge < -0.3 is 4.90 Å². The van der Waals surface area contributed by atoms with Gasteiger partial charge in [0.2, 0.25) is 0 Å². The number of aromatic amines is 1. The second-order valence-electron chi connectivity index (χ2n) is 6.49. The lowest BCUT2D eigenvalue weighted by atomic mass is 9.79. The number of aromatic nitrogens is 3. The number of likely N-dealkylation sites (tertiary alicyclic amines) is 1. The molecule has 1 fully saturated rings. The molecule has 0 bridgehead atoms. The second kappa shape index (κ2) is 6.01. The molecule has 1 saturated heterocycles. The zero-order valence-corrected chi connectivity index (χ0v) is 14.5. The third kappa shape index (κ3) is 3.06. The molecule has 0 radical (unpaired) electrons. The minimum absolute atomic E-state index is 0.137. The molecule has 8 heteroatoms. The van der Waals surface area contributed by atoms with E-state index < -0.39 is 15.3 Å². The lowest BCUT2D eigenvalue weighted by Crippen LogP contribution is -2.47. The molecule has 1 N–H and O–H groups in total. The fourth-order valence-corrected chi connectivity index (χ4v) is 4.16. The summed E-state index contributed by atoms with van der Waals surface area (Å²) in [5, 5.41) is 6.76. The maximum Gasteiger partial charge on any atom is 0.272 e. The number of rotatable bonds is 3. The average Bonchev–Trinajstić information content (AvgIpc) is 3.06. The van der Waals surface area contributed by atoms with Crippen molar-refractivity contribution in [2.45, 2.75) is 30.1 Å². The molecule has 0 unspecified atom stereocenters. The van der Waals surface area contributed by atoms with E-state index in [-0.39, 0.29) is 10.8 Å². The quantitative estimate of drug-likeness (QED) is 0.904. The fraction of sp³-hybridized carbons (Fsp3) is 0.438. The van der Waals surface area contributed by atoms with Crippen molar-refractivity contribution in [2.24, 2.45) is 0 Å².